The Kier molecular flexibility index (Phi) is 5.80. The molecule has 2 rings (SSSR count). The molecule has 122 valence electrons. The van der Waals surface area contributed by atoms with Gasteiger partial charge in [-0.1, -0.05) is 28.1 Å². The molecule has 0 spiro atoms. The average molecular weight is 388 g/mol. The Morgan fingerprint density at radius 3 is 2.57 bits per heavy atom. The highest BCUT2D eigenvalue weighted by Gasteiger charge is 2.31. The maximum Gasteiger partial charge on any atom is 0.401 e. The first-order valence-electron chi connectivity index (χ1n) is 6.74. The SMILES string of the molecule is N#CCCN(Cc1ncc(-c2ccc(Br)cc2)o1)CC(F)(F)F. The number of nitrogens with zero attached hydrogens (tertiary/aromatic N) is 3. The highest BCUT2D eigenvalue weighted by Crippen LogP contribution is 2.24. The largest absolute Gasteiger partial charge is 0.439 e. The van der Waals surface area contributed by atoms with Crippen molar-refractivity contribution in [2.24, 2.45) is 0 Å². The number of hydrogen-bond acceptors (Lipinski definition) is 4. The quantitative estimate of drug-likeness (QED) is 0.737. The molecule has 0 aliphatic heterocycles. The van der Waals surface area contributed by atoms with E-state index >= 15 is 0 Å². The summed E-state index contributed by atoms with van der Waals surface area (Å²) in [6.07, 6.45) is -2.85. The lowest BCUT2D eigenvalue weighted by atomic mass is 10.2. The number of halogens is 4. The molecule has 0 saturated heterocycles. The van der Waals surface area contributed by atoms with Gasteiger partial charge in [0.05, 0.1) is 25.4 Å². The van der Waals surface area contributed by atoms with Crippen LogP contribution in [0.5, 0.6) is 0 Å². The lowest BCUT2D eigenvalue weighted by Gasteiger charge is -2.20. The van der Waals surface area contributed by atoms with Crippen molar-refractivity contribution in [3.63, 3.8) is 0 Å². The maximum absolute atomic E-state index is 12.6. The predicted octanol–water partition coefficient (Wildman–Crippen LogP) is 4.38. The second-order valence-electron chi connectivity index (χ2n) is 4.86. The molecule has 0 amide bonds. The average Bonchev–Trinajstić information content (AvgIpc) is 2.92. The fourth-order valence-corrected chi connectivity index (χ4v) is 2.26. The maximum atomic E-state index is 12.6. The number of nitriles is 1. The molecule has 1 aromatic heterocycles. The highest BCUT2D eigenvalue weighted by molar-refractivity contribution is 9.10. The molecular formula is C15H13BrF3N3O. The van der Waals surface area contributed by atoms with Crippen molar-refractivity contribution in [2.45, 2.75) is 19.1 Å². The molecule has 4 nitrogen and oxygen atoms in total. The third-order valence-electron chi connectivity index (χ3n) is 2.98. The fourth-order valence-electron chi connectivity index (χ4n) is 2.00. The van der Waals surface area contributed by atoms with Gasteiger partial charge < -0.3 is 4.42 Å². The van der Waals surface area contributed by atoms with E-state index in [2.05, 4.69) is 20.9 Å². The van der Waals surface area contributed by atoms with Crippen molar-refractivity contribution < 1.29 is 17.6 Å². The van der Waals surface area contributed by atoms with Gasteiger partial charge in [0.1, 0.15) is 0 Å². The molecule has 0 atom stereocenters. The van der Waals surface area contributed by atoms with Crippen LogP contribution < -0.4 is 0 Å². The van der Waals surface area contributed by atoms with Gasteiger partial charge in [-0.2, -0.15) is 18.4 Å². The summed E-state index contributed by atoms with van der Waals surface area (Å²) in [4.78, 5) is 5.12. The van der Waals surface area contributed by atoms with Crippen LogP contribution in [0.4, 0.5) is 13.2 Å². The van der Waals surface area contributed by atoms with Crippen LogP contribution in [-0.4, -0.2) is 29.1 Å². The third kappa shape index (κ3) is 5.69. The van der Waals surface area contributed by atoms with Crippen LogP contribution in [0, 0.1) is 11.3 Å². The first-order chi connectivity index (χ1) is 10.9. The van der Waals surface area contributed by atoms with Gasteiger partial charge in [-0.3, -0.25) is 4.90 Å². The number of oxazole rings is 1. The van der Waals surface area contributed by atoms with Gasteiger partial charge in [-0.05, 0) is 12.1 Å². The standard InChI is InChI=1S/C15H13BrF3N3O/c16-12-4-2-11(3-5-12)13-8-21-14(23-13)9-22(7-1-6-20)10-15(17,18)19/h2-5,8H,1,7,9-10H2. The normalized spacial score (nSPS) is 11.7. The van der Waals surface area contributed by atoms with E-state index in [1.54, 1.807) is 0 Å². The van der Waals surface area contributed by atoms with E-state index in [9.17, 15) is 13.2 Å². The molecule has 0 aliphatic rings. The molecule has 0 fully saturated rings. The molecule has 1 heterocycles. The molecule has 0 N–H and O–H groups in total. The minimum absolute atomic E-state index is 0.00596. The minimum Gasteiger partial charge on any atom is -0.439 e. The molecule has 2 aromatic rings. The molecule has 0 aliphatic carbocycles. The topological polar surface area (TPSA) is 53.1 Å². The summed E-state index contributed by atoms with van der Waals surface area (Å²) in [5, 5.41) is 8.55. The van der Waals surface area contributed by atoms with E-state index in [1.807, 2.05) is 30.3 Å². The van der Waals surface area contributed by atoms with E-state index < -0.39 is 12.7 Å². The fraction of sp³-hybridized carbons (Fsp3) is 0.333. The van der Waals surface area contributed by atoms with Gasteiger partial charge in [0, 0.05) is 23.0 Å². The molecule has 0 unspecified atom stereocenters. The van der Waals surface area contributed by atoms with E-state index in [1.165, 1.54) is 6.20 Å². The van der Waals surface area contributed by atoms with E-state index in [4.69, 9.17) is 9.68 Å². The molecule has 0 bridgehead atoms. The molecule has 23 heavy (non-hydrogen) atoms. The zero-order valence-electron chi connectivity index (χ0n) is 12.0. The van der Waals surface area contributed by atoms with Crippen molar-refractivity contribution in [3.8, 4) is 17.4 Å². The lowest BCUT2D eigenvalue weighted by Crippen LogP contribution is -2.34. The number of rotatable bonds is 6. The Morgan fingerprint density at radius 1 is 1.26 bits per heavy atom. The monoisotopic (exact) mass is 387 g/mol. The van der Waals surface area contributed by atoms with Crippen molar-refractivity contribution in [2.75, 3.05) is 13.1 Å². The Labute approximate surface area is 139 Å². The van der Waals surface area contributed by atoms with Crippen LogP contribution in [0.3, 0.4) is 0 Å². The summed E-state index contributed by atoms with van der Waals surface area (Å²) in [5.41, 5.74) is 0.784. The van der Waals surface area contributed by atoms with Gasteiger partial charge in [-0.25, -0.2) is 4.98 Å². The zero-order chi connectivity index (χ0) is 16.9. The smallest absolute Gasteiger partial charge is 0.401 e. The van der Waals surface area contributed by atoms with Gasteiger partial charge in [0.15, 0.2) is 5.76 Å². The number of hydrogen-bond donors (Lipinski definition) is 0. The van der Waals surface area contributed by atoms with E-state index in [0.29, 0.717) is 5.76 Å². The summed E-state index contributed by atoms with van der Waals surface area (Å²) in [6.45, 7) is -1.20. The Balaban J connectivity index is 2.08. The van der Waals surface area contributed by atoms with E-state index in [0.717, 1.165) is 14.9 Å². The summed E-state index contributed by atoms with van der Waals surface area (Å²) in [6, 6.07) is 9.14. The van der Waals surface area contributed by atoms with Crippen LogP contribution in [0.1, 0.15) is 12.3 Å². The minimum atomic E-state index is -4.34. The molecule has 0 radical (unpaired) electrons. The Morgan fingerprint density at radius 2 is 1.96 bits per heavy atom. The van der Waals surface area contributed by atoms with Gasteiger partial charge in [-0.15, -0.1) is 0 Å². The van der Waals surface area contributed by atoms with Crippen molar-refractivity contribution >= 4 is 15.9 Å². The molecule has 8 heteroatoms. The Hall–Kier alpha value is -1.85. The second kappa shape index (κ2) is 7.62. The van der Waals surface area contributed by atoms with Crippen molar-refractivity contribution in [3.05, 3.63) is 40.8 Å². The number of alkyl halides is 3. The Bertz CT molecular complexity index is 677. The van der Waals surface area contributed by atoms with Crippen LogP contribution >= 0.6 is 15.9 Å². The van der Waals surface area contributed by atoms with Gasteiger partial charge >= 0.3 is 6.18 Å². The van der Waals surface area contributed by atoms with Crippen LogP contribution in [-0.2, 0) is 6.54 Å². The summed E-state index contributed by atoms with van der Waals surface area (Å²) in [5.74, 6) is 0.671. The lowest BCUT2D eigenvalue weighted by molar-refractivity contribution is -0.147. The first kappa shape index (κ1) is 17.5. The highest BCUT2D eigenvalue weighted by atomic mass is 79.9. The molecule has 0 saturated carbocycles. The molecular weight excluding hydrogens is 375 g/mol. The van der Waals surface area contributed by atoms with Crippen LogP contribution in [0.2, 0.25) is 0 Å². The van der Waals surface area contributed by atoms with Crippen LogP contribution in [0.15, 0.2) is 39.4 Å². The summed E-state index contributed by atoms with van der Waals surface area (Å²) >= 11 is 3.32. The summed E-state index contributed by atoms with van der Waals surface area (Å²) in [7, 11) is 0. The van der Waals surface area contributed by atoms with E-state index in [-0.39, 0.29) is 25.4 Å². The van der Waals surface area contributed by atoms with Crippen molar-refractivity contribution in [1.29, 1.82) is 5.26 Å². The second-order valence-corrected chi connectivity index (χ2v) is 5.77. The zero-order valence-corrected chi connectivity index (χ0v) is 13.6. The molecule has 1 aromatic carbocycles. The van der Waals surface area contributed by atoms with Gasteiger partial charge in [0.25, 0.3) is 0 Å². The van der Waals surface area contributed by atoms with Gasteiger partial charge in [0.2, 0.25) is 5.89 Å². The number of aromatic nitrogens is 1. The third-order valence-corrected chi connectivity index (χ3v) is 3.51. The predicted molar refractivity (Wildman–Crippen MR) is 81.2 cm³/mol. The summed E-state index contributed by atoms with van der Waals surface area (Å²) < 4.78 is 44.1. The van der Waals surface area contributed by atoms with Crippen LogP contribution in [0.25, 0.3) is 11.3 Å². The number of benzene rings is 1. The van der Waals surface area contributed by atoms with Crippen molar-refractivity contribution in [1.82, 2.24) is 9.88 Å². The first-order valence-corrected chi connectivity index (χ1v) is 7.53.